The van der Waals surface area contributed by atoms with Crippen molar-refractivity contribution in [2.45, 2.75) is 30.8 Å². The highest BCUT2D eigenvalue weighted by atomic mass is 32.2. The summed E-state index contributed by atoms with van der Waals surface area (Å²) in [5.74, 6) is 1.27. The lowest BCUT2D eigenvalue weighted by Gasteiger charge is -2.26. The Hall–Kier alpha value is -2.54. The zero-order chi connectivity index (χ0) is 18.6. The molecule has 3 rings (SSSR count). The first-order valence-corrected chi connectivity index (χ1v) is 10.2. The molecule has 0 spiro atoms. The van der Waals surface area contributed by atoms with Crippen LogP contribution < -0.4 is 15.8 Å². The number of ether oxygens (including phenoxy) is 1. The monoisotopic (exact) mass is 373 g/mol. The fourth-order valence-electron chi connectivity index (χ4n) is 2.90. The topological polar surface area (TPSA) is 93.8 Å². The highest BCUT2D eigenvalue weighted by molar-refractivity contribution is 7.91. The summed E-state index contributed by atoms with van der Waals surface area (Å²) >= 11 is 0. The van der Waals surface area contributed by atoms with Crippen molar-refractivity contribution in [2.75, 3.05) is 12.4 Å². The molecule has 138 valence electrons. The average Bonchev–Trinajstić information content (AvgIpc) is 2.67. The van der Waals surface area contributed by atoms with Crippen molar-refractivity contribution in [3.63, 3.8) is 0 Å². The molecule has 0 saturated heterocycles. The van der Waals surface area contributed by atoms with E-state index in [2.05, 4.69) is 10.3 Å². The minimum atomic E-state index is -3.22. The maximum absolute atomic E-state index is 12.0. The van der Waals surface area contributed by atoms with Crippen LogP contribution in [-0.4, -0.2) is 26.7 Å². The lowest BCUT2D eigenvalue weighted by Crippen LogP contribution is -2.37. The van der Waals surface area contributed by atoms with Crippen molar-refractivity contribution in [1.29, 1.82) is 0 Å². The van der Waals surface area contributed by atoms with Crippen LogP contribution in [0.2, 0.25) is 0 Å². The lowest BCUT2D eigenvalue weighted by atomic mass is 10.0. The van der Waals surface area contributed by atoms with Crippen LogP contribution in [0.5, 0.6) is 5.75 Å². The van der Waals surface area contributed by atoms with Crippen LogP contribution in [0.3, 0.4) is 0 Å². The standard InChI is InChI=1S/C19H23N3O3S/c1-2-26(23,24)15-7-5-6-14(12-15)13-21-19(20)22-17-10-11-25-18-9-4-3-8-16(17)18/h3-9,12,17H,2,10-11,13H2,1H3,(H3,20,21,22). The molecule has 2 aromatic carbocycles. The maximum Gasteiger partial charge on any atom is 0.189 e. The van der Waals surface area contributed by atoms with Crippen molar-refractivity contribution in [3.05, 3.63) is 59.7 Å². The quantitative estimate of drug-likeness (QED) is 0.620. The van der Waals surface area contributed by atoms with E-state index in [9.17, 15) is 8.42 Å². The van der Waals surface area contributed by atoms with Gasteiger partial charge in [0.1, 0.15) is 5.75 Å². The largest absolute Gasteiger partial charge is 0.493 e. The van der Waals surface area contributed by atoms with Gasteiger partial charge in [-0.25, -0.2) is 13.4 Å². The molecule has 0 amide bonds. The third-order valence-electron chi connectivity index (χ3n) is 4.35. The molecule has 1 unspecified atom stereocenters. The Kier molecular flexibility index (Phi) is 5.46. The molecule has 0 fully saturated rings. The van der Waals surface area contributed by atoms with Gasteiger partial charge in [-0.05, 0) is 23.8 Å². The number of hydrogen-bond acceptors (Lipinski definition) is 4. The van der Waals surface area contributed by atoms with Gasteiger partial charge in [-0.15, -0.1) is 0 Å². The van der Waals surface area contributed by atoms with Gasteiger partial charge in [0, 0.05) is 12.0 Å². The summed E-state index contributed by atoms with van der Waals surface area (Å²) in [6, 6.07) is 14.7. The molecule has 0 aromatic heterocycles. The fourth-order valence-corrected chi connectivity index (χ4v) is 3.85. The fraction of sp³-hybridized carbons (Fsp3) is 0.316. The number of aliphatic imine (C=N–C) groups is 1. The number of guanidine groups is 1. The molecule has 2 aromatic rings. The number of fused-ring (bicyclic) bond motifs is 1. The minimum Gasteiger partial charge on any atom is -0.493 e. The molecule has 0 radical (unpaired) electrons. The Labute approximate surface area is 154 Å². The molecule has 0 aliphatic carbocycles. The predicted octanol–water partition coefficient (Wildman–Crippen LogP) is 2.41. The Morgan fingerprint density at radius 1 is 1.27 bits per heavy atom. The number of benzene rings is 2. The van der Waals surface area contributed by atoms with E-state index in [4.69, 9.17) is 10.5 Å². The number of hydrogen-bond donors (Lipinski definition) is 2. The van der Waals surface area contributed by atoms with Crippen molar-refractivity contribution in [2.24, 2.45) is 10.7 Å². The molecule has 26 heavy (non-hydrogen) atoms. The third kappa shape index (κ3) is 4.16. The van der Waals surface area contributed by atoms with E-state index in [-0.39, 0.29) is 11.8 Å². The molecule has 1 atom stereocenters. The van der Waals surface area contributed by atoms with Gasteiger partial charge in [0.25, 0.3) is 0 Å². The van der Waals surface area contributed by atoms with Crippen molar-refractivity contribution in [1.82, 2.24) is 5.32 Å². The smallest absolute Gasteiger partial charge is 0.189 e. The zero-order valence-electron chi connectivity index (χ0n) is 14.7. The molecule has 1 aliphatic heterocycles. The number of para-hydroxylation sites is 1. The van der Waals surface area contributed by atoms with Crippen LogP contribution in [0, 0.1) is 0 Å². The molecule has 7 heteroatoms. The highest BCUT2D eigenvalue weighted by Crippen LogP contribution is 2.31. The van der Waals surface area contributed by atoms with Gasteiger partial charge in [-0.1, -0.05) is 37.3 Å². The van der Waals surface area contributed by atoms with Crippen molar-refractivity contribution >= 4 is 15.8 Å². The van der Waals surface area contributed by atoms with Crippen LogP contribution in [0.25, 0.3) is 0 Å². The molecule has 6 nitrogen and oxygen atoms in total. The Bertz CT molecular complexity index is 910. The van der Waals surface area contributed by atoms with Crippen LogP contribution >= 0.6 is 0 Å². The molecular formula is C19H23N3O3S. The van der Waals surface area contributed by atoms with Gasteiger partial charge in [0.15, 0.2) is 15.8 Å². The summed E-state index contributed by atoms with van der Waals surface area (Å²) in [6.07, 6.45) is 0.803. The molecule has 0 saturated carbocycles. The number of nitrogens with one attached hydrogen (secondary N) is 1. The van der Waals surface area contributed by atoms with E-state index >= 15 is 0 Å². The lowest BCUT2D eigenvalue weighted by molar-refractivity contribution is 0.262. The van der Waals surface area contributed by atoms with Gasteiger partial charge < -0.3 is 15.8 Å². The van der Waals surface area contributed by atoms with Crippen LogP contribution in [-0.2, 0) is 16.4 Å². The Morgan fingerprint density at radius 2 is 2.08 bits per heavy atom. The SMILES string of the molecule is CCS(=O)(=O)c1cccc(CN=C(N)NC2CCOc3ccccc32)c1. The number of nitrogens with two attached hydrogens (primary N) is 1. The van der Waals surface area contributed by atoms with E-state index in [0.29, 0.717) is 24.0 Å². The number of rotatable bonds is 5. The van der Waals surface area contributed by atoms with Gasteiger partial charge in [0.2, 0.25) is 0 Å². The van der Waals surface area contributed by atoms with Gasteiger partial charge in [-0.2, -0.15) is 0 Å². The van der Waals surface area contributed by atoms with Gasteiger partial charge >= 0.3 is 0 Å². The summed E-state index contributed by atoms with van der Waals surface area (Å²) < 4.78 is 29.6. The molecule has 1 heterocycles. The second kappa shape index (κ2) is 7.78. The zero-order valence-corrected chi connectivity index (χ0v) is 15.5. The predicted molar refractivity (Wildman–Crippen MR) is 102 cm³/mol. The summed E-state index contributed by atoms with van der Waals surface area (Å²) in [4.78, 5) is 4.68. The summed E-state index contributed by atoms with van der Waals surface area (Å²) in [5, 5.41) is 3.23. The first kappa shape index (κ1) is 18.3. The highest BCUT2D eigenvalue weighted by Gasteiger charge is 2.21. The first-order valence-electron chi connectivity index (χ1n) is 8.59. The average molecular weight is 373 g/mol. The van der Waals surface area contributed by atoms with E-state index in [1.165, 1.54) is 0 Å². The van der Waals surface area contributed by atoms with E-state index in [0.717, 1.165) is 23.3 Å². The van der Waals surface area contributed by atoms with E-state index < -0.39 is 9.84 Å². The van der Waals surface area contributed by atoms with E-state index in [1.54, 1.807) is 25.1 Å². The normalized spacial score (nSPS) is 17.3. The van der Waals surface area contributed by atoms with E-state index in [1.807, 2.05) is 30.3 Å². The third-order valence-corrected chi connectivity index (χ3v) is 6.08. The minimum absolute atomic E-state index is 0.0514. The van der Waals surface area contributed by atoms with Gasteiger partial charge in [0.05, 0.1) is 29.8 Å². The van der Waals surface area contributed by atoms with Crippen molar-refractivity contribution < 1.29 is 13.2 Å². The molecule has 1 aliphatic rings. The Morgan fingerprint density at radius 3 is 2.88 bits per heavy atom. The molecular weight excluding hydrogens is 350 g/mol. The summed E-state index contributed by atoms with van der Waals surface area (Å²) in [5.41, 5.74) is 7.90. The first-order chi connectivity index (χ1) is 12.5. The molecule has 0 bridgehead atoms. The van der Waals surface area contributed by atoms with Gasteiger partial charge in [-0.3, -0.25) is 0 Å². The van der Waals surface area contributed by atoms with Crippen LogP contribution in [0.15, 0.2) is 58.4 Å². The number of sulfone groups is 1. The Balaban J connectivity index is 1.69. The van der Waals surface area contributed by atoms with Crippen LogP contribution in [0.4, 0.5) is 0 Å². The summed E-state index contributed by atoms with van der Waals surface area (Å²) in [7, 11) is -3.22. The van der Waals surface area contributed by atoms with Crippen molar-refractivity contribution in [3.8, 4) is 5.75 Å². The summed E-state index contributed by atoms with van der Waals surface area (Å²) in [6.45, 7) is 2.57. The second-order valence-corrected chi connectivity index (χ2v) is 8.40. The maximum atomic E-state index is 12.0. The molecule has 3 N–H and O–H groups in total. The number of nitrogens with zero attached hydrogens (tertiary/aromatic N) is 1. The second-order valence-electron chi connectivity index (χ2n) is 6.12. The van der Waals surface area contributed by atoms with Crippen LogP contribution in [0.1, 0.15) is 30.5 Å².